The normalized spacial score (nSPS) is 17.9. The molecule has 0 bridgehead atoms. The van der Waals surface area contributed by atoms with E-state index in [2.05, 4.69) is 11.6 Å². The minimum absolute atomic E-state index is 0.308. The van der Waals surface area contributed by atoms with Crippen LogP contribution in [0.4, 0.5) is 0 Å². The van der Waals surface area contributed by atoms with E-state index in [0.717, 1.165) is 10.7 Å². The molecule has 1 atom stereocenters. The Morgan fingerprint density at radius 2 is 2.11 bits per heavy atom. The average molecular weight is 401 g/mol. The van der Waals surface area contributed by atoms with Gasteiger partial charge in [0, 0.05) is 6.20 Å². The summed E-state index contributed by atoms with van der Waals surface area (Å²) in [5.41, 5.74) is 2.09. The third kappa shape index (κ3) is 3.94. The van der Waals surface area contributed by atoms with Crippen LogP contribution in [0, 0.1) is 0 Å². The fourth-order valence-electron chi connectivity index (χ4n) is 3.13. The first-order chi connectivity index (χ1) is 13.6. The molecule has 0 radical (unpaired) electrons. The van der Waals surface area contributed by atoms with Crippen molar-refractivity contribution < 1.29 is 19.0 Å². The zero-order chi connectivity index (χ0) is 20.1. The summed E-state index contributed by atoms with van der Waals surface area (Å²) in [4.78, 5) is 19.3. The highest BCUT2D eigenvalue weighted by Gasteiger charge is 2.37. The molecular formula is C21H24N2O4S. The number of amidine groups is 1. The van der Waals surface area contributed by atoms with Gasteiger partial charge in [-0.25, -0.2) is 9.79 Å². The Morgan fingerprint density at radius 1 is 1.29 bits per heavy atom. The fourth-order valence-corrected chi connectivity index (χ4v) is 3.92. The van der Waals surface area contributed by atoms with Crippen molar-refractivity contribution in [1.82, 2.24) is 4.90 Å². The summed E-state index contributed by atoms with van der Waals surface area (Å²) in [7, 11) is 0. The Balaban J connectivity index is 2.06. The van der Waals surface area contributed by atoms with E-state index in [9.17, 15) is 4.79 Å². The van der Waals surface area contributed by atoms with Crippen molar-refractivity contribution in [3.8, 4) is 11.5 Å². The number of benzene rings is 1. The molecule has 0 N–H and O–H groups in total. The summed E-state index contributed by atoms with van der Waals surface area (Å²) in [5, 5.41) is 2.79. The maximum Gasteiger partial charge on any atom is 0.338 e. The maximum absolute atomic E-state index is 12.7. The molecule has 0 saturated heterocycles. The Bertz CT molecular complexity index is 860. The van der Waals surface area contributed by atoms with E-state index in [1.807, 2.05) is 48.6 Å². The van der Waals surface area contributed by atoms with Gasteiger partial charge in [-0.15, -0.1) is 0 Å². The lowest BCUT2D eigenvalue weighted by atomic mass is 9.94. The number of hydrogen-bond donors (Lipinski definition) is 0. The second kappa shape index (κ2) is 9.01. The SMILES string of the molecule is C=CCOc1ccc([C@@H]2C(C(=O)OCC)=C(C)N=C3SC=CN32)cc1OCC. The van der Waals surface area contributed by atoms with E-state index in [1.165, 1.54) is 11.8 Å². The van der Waals surface area contributed by atoms with Gasteiger partial charge in [-0.2, -0.15) is 0 Å². The van der Waals surface area contributed by atoms with Gasteiger partial charge in [0.2, 0.25) is 0 Å². The molecule has 6 nitrogen and oxygen atoms in total. The minimum atomic E-state index is -0.358. The van der Waals surface area contributed by atoms with E-state index in [1.54, 1.807) is 13.0 Å². The summed E-state index contributed by atoms with van der Waals surface area (Å²) >= 11 is 1.53. The summed E-state index contributed by atoms with van der Waals surface area (Å²) < 4.78 is 16.8. The van der Waals surface area contributed by atoms with E-state index >= 15 is 0 Å². The van der Waals surface area contributed by atoms with Gasteiger partial charge in [-0.05, 0) is 43.9 Å². The van der Waals surface area contributed by atoms with Crippen LogP contribution in [0.5, 0.6) is 11.5 Å². The number of fused-ring (bicyclic) bond motifs is 1. The molecule has 0 unspecified atom stereocenters. The smallest absolute Gasteiger partial charge is 0.338 e. The molecule has 28 heavy (non-hydrogen) atoms. The Kier molecular flexibility index (Phi) is 6.46. The zero-order valence-electron chi connectivity index (χ0n) is 16.3. The number of hydrogen-bond acceptors (Lipinski definition) is 7. The number of thioether (sulfide) groups is 1. The molecular weight excluding hydrogens is 376 g/mol. The standard InChI is InChI=1S/C21H24N2O4S/c1-5-11-27-16-9-8-15(13-17(16)25-6-2)19-18(20(24)26-7-3)14(4)22-21-23(19)10-12-28-21/h5,8-10,12-13,19H,1,6-7,11H2,2-4H3/t19-/m1/s1. The highest BCUT2D eigenvalue weighted by Crippen LogP contribution is 2.43. The Morgan fingerprint density at radius 3 is 2.82 bits per heavy atom. The van der Waals surface area contributed by atoms with Crippen molar-refractivity contribution in [2.45, 2.75) is 26.8 Å². The molecule has 0 spiro atoms. The van der Waals surface area contributed by atoms with Crippen LogP contribution in [0.3, 0.4) is 0 Å². The molecule has 1 aromatic rings. The molecule has 2 aliphatic rings. The van der Waals surface area contributed by atoms with Crippen LogP contribution >= 0.6 is 11.8 Å². The first-order valence-corrected chi connectivity index (χ1v) is 10.1. The van der Waals surface area contributed by atoms with Crippen LogP contribution in [0.1, 0.15) is 32.4 Å². The summed E-state index contributed by atoms with van der Waals surface area (Å²) in [6.07, 6.45) is 3.62. The van der Waals surface area contributed by atoms with Gasteiger partial charge >= 0.3 is 5.97 Å². The Labute approximate surface area is 169 Å². The highest BCUT2D eigenvalue weighted by atomic mass is 32.2. The second-order valence-corrected chi connectivity index (χ2v) is 6.94. The lowest BCUT2D eigenvalue weighted by Gasteiger charge is -2.33. The lowest BCUT2D eigenvalue weighted by Crippen LogP contribution is -2.34. The topological polar surface area (TPSA) is 60.4 Å². The van der Waals surface area contributed by atoms with Crippen LogP contribution in [0.25, 0.3) is 0 Å². The fraction of sp³-hybridized carbons (Fsp3) is 0.333. The largest absolute Gasteiger partial charge is 0.490 e. The van der Waals surface area contributed by atoms with Crippen molar-refractivity contribution in [2.75, 3.05) is 19.8 Å². The quantitative estimate of drug-likeness (QED) is 0.476. The maximum atomic E-state index is 12.7. The zero-order valence-corrected chi connectivity index (χ0v) is 17.1. The van der Waals surface area contributed by atoms with Crippen molar-refractivity contribution in [3.05, 3.63) is 59.3 Å². The predicted octanol–water partition coefficient (Wildman–Crippen LogP) is 4.42. The molecule has 0 fully saturated rings. The van der Waals surface area contributed by atoms with Crippen LogP contribution in [0.2, 0.25) is 0 Å². The van der Waals surface area contributed by atoms with Crippen LogP contribution in [-0.4, -0.2) is 35.9 Å². The van der Waals surface area contributed by atoms with Gasteiger partial charge in [-0.1, -0.05) is 30.5 Å². The van der Waals surface area contributed by atoms with Crippen molar-refractivity contribution in [3.63, 3.8) is 0 Å². The molecule has 2 aliphatic heterocycles. The predicted molar refractivity (Wildman–Crippen MR) is 111 cm³/mol. The first kappa shape index (κ1) is 20.1. The number of carbonyl (C=O) groups excluding carboxylic acids is 1. The van der Waals surface area contributed by atoms with E-state index in [-0.39, 0.29) is 12.0 Å². The molecule has 0 saturated carbocycles. The third-order valence-corrected chi connectivity index (χ3v) is 5.03. The Hall–Kier alpha value is -2.67. The van der Waals surface area contributed by atoms with E-state index in [4.69, 9.17) is 14.2 Å². The highest BCUT2D eigenvalue weighted by molar-refractivity contribution is 8.16. The van der Waals surface area contributed by atoms with Crippen LogP contribution in [0.15, 0.2) is 58.7 Å². The molecule has 1 aromatic carbocycles. The summed E-state index contributed by atoms with van der Waals surface area (Å²) in [6, 6.07) is 5.38. The molecule has 148 valence electrons. The number of esters is 1. The summed E-state index contributed by atoms with van der Waals surface area (Å²) in [5.74, 6) is 0.908. The molecule has 2 heterocycles. The number of nitrogens with zero attached hydrogens (tertiary/aromatic N) is 2. The van der Waals surface area contributed by atoms with Gasteiger partial charge in [0.25, 0.3) is 0 Å². The molecule has 0 amide bonds. The van der Waals surface area contributed by atoms with Gasteiger partial charge in [0.1, 0.15) is 6.61 Å². The third-order valence-electron chi connectivity index (χ3n) is 4.26. The monoisotopic (exact) mass is 400 g/mol. The number of rotatable bonds is 8. The van der Waals surface area contributed by atoms with Gasteiger partial charge in [0.15, 0.2) is 16.7 Å². The number of allylic oxidation sites excluding steroid dienone is 1. The molecule has 0 aromatic heterocycles. The number of ether oxygens (including phenoxy) is 3. The van der Waals surface area contributed by atoms with E-state index < -0.39 is 0 Å². The number of carbonyl (C=O) groups is 1. The van der Waals surface area contributed by atoms with Crippen molar-refractivity contribution in [1.29, 1.82) is 0 Å². The first-order valence-electron chi connectivity index (χ1n) is 9.19. The van der Waals surface area contributed by atoms with Crippen molar-refractivity contribution >= 4 is 22.9 Å². The van der Waals surface area contributed by atoms with Crippen molar-refractivity contribution in [2.24, 2.45) is 4.99 Å². The molecule has 7 heteroatoms. The van der Waals surface area contributed by atoms with Gasteiger partial charge in [0.05, 0.1) is 30.5 Å². The van der Waals surface area contributed by atoms with Crippen LogP contribution in [-0.2, 0) is 9.53 Å². The average Bonchev–Trinajstić information content (AvgIpc) is 3.14. The lowest BCUT2D eigenvalue weighted by molar-refractivity contribution is -0.139. The van der Waals surface area contributed by atoms with Crippen LogP contribution < -0.4 is 9.47 Å². The number of aliphatic imine (C=N–C) groups is 1. The van der Waals surface area contributed by atoms with Gasteiger partial charge < -0.3 is 19.1 Å². The molecule has 3 rings (SSSR count). The molecule has 0 aliphatic carbocycles. The summed E-state index contributed by atoms with van der Waals surface area (Å²) in [6.45, 7) is 10.4. The minimum Gasteiger partial charge on any atom is -0.490 e. The van der Waals surface area contributed by atoms with E-state index in [0.29, 0.717) is 42.6 Å². The van der Waals surface area contributed by atoms with Gasteiger partial charge in [-0.3, -0.25) is 0 Å². The second-order valence-electron chi connectivity index (χ2n) is 6.07.